The number of hydrogen-bond acceptors (Lipinski definition) is 6. The van der Waals surface area contributed by atoms with Gasteiger partial charge in [0.25, 0.3) is 0 Å². The minimum absolute atomic E-state index is 0.249. The number of nitrogens with zero attached hydrogens (tertiary/aromatic N) is 3. The van der Waals surface area contributed by atoms with Crippen LogP contribution in [0.15, 0.2) is 58.1 Å². The van der Waals surface area contributed by atoms with Gasteiger partial charge >= 0.3 is 5.97 Å². The number of rotatable bonds is 6. The Morgan fingerprint density at radius 3 is 2.62 bits per heavy atom. The highest BCUT2D eigenvalue weighted by Gasteiger charge is 2.22. The topological polar surface area (TPSA) is 70.2 Å². The Morgan fingerprint density at radius 2 is 1.86 bits per heavy atom. The fourth-order valence-electron chi connectivity index (χ4n) is 3.17. The number of aryl methyl sites for hydroxylation is 2. The molecule has 0 amide bonds. The van der Waals surface area contributed by atoms with E-state index in [-0.39, 0.29) is 5.76 Å². The minimum atomic E-state index is -0.449. The molecule has 148 valence electrons. The van der Waals surface area contributed by atoms with Crippen LogP contribution in [0.5, 0.6) is 0 Å². The molecule has 2 heterocycles. The van der Waals surface area contributed by atoms with Gasteiger partial charge in [-0.25, -0.2) is 4.79 Å². The van der Waals surface area contributed by atoms with Crippen LogP contribution in [0.1, 0.15) is 34.4 Å². The van der Waals surface area contributed by atoms with Gasteiger partial charge in [-0.1, -0.05) is 47.7 Å². The number of ether oxygens (including phenoxy) is 1. The Bertz CT molecular complexity index is 1160. The average molecular weight is 407 g/mol. The summed E-state index contributed by atoms with van der Waals surface area (Å²) in [6.45, 7) is 6.05. The van der Waals surface area contributed by atoms with Crippen LogP contribution in [0.4, 0.5) is 0 Å². The van der Waals surface area contributed by atoms with Gasteiger partial charge in [-0.05, 0) is 39.0 Å². The van der Waals surface area contributed by atoms with Crippen molar-refractivity contribution in [2.45, 2.75) is 31.7 Å². The van der Waals surface area contributed by atoms with Crippen molar-refractivity contribution < 1.29 is 13.9 Å². The summed E-state index contributed by atoms with van der Waals surface area (Å²) in [4.78, 5) is 12.4. The van der Waals surface area contributed by atoms with Crippen LogP contribution in [0.3, 0.4) is 0 Å². The van der Waals surface area contributed by atoms with Crippen molar-refractivity contribution in [1.29, 1.82) is 0 Å². The zero-order valence-electron chi connectivity index (χ0n) is 16.5. The number of furan rings is 1. The molecular formula is C22H21N3O3S. The first-order valence-corrected chi connectivity index (χ1v) is 10.4. The van der Waals surface area contributed by atoms with E-state index in [0.717, 1.165) is 27.6 Å². The maximum Gasteiger partial charge on any atom is 0.374 e. The van der Waals surface area contributed by atoms with Gasteiger partial charge in [-0.15, -0.1) is 10.2 Å². The third kappa shape index (κ3) is 3.78. The van der Waals surface area contributed by atoms with E-state index >= 15 is 0 Å². The molecule has 6 nitrogen and oxygen atoms in total. The second kappa shape index (κ2) is 8.13. The van der Waals surface area contributed by atoms with Gasteiger partial charge in [-0.3, -0.25) is 4.57 Å². The summed E-state index contributed by atoms with van der Waals surface area (Å²) in [7, 11) is 0. The van der Waals surface area contributed by atoms with Crippen molar-refractivity contribution in [3.05, 3.63) is 71.2 Å². The molecule has 0 spiro atoms. The lowest BCUT2D eigenvalue weighted by molar-refractivity contribution is 0.0491. The molecule has 2 aromatic carbocycles. The molecule has 7 heteroatoms. The second-order valence-electron chi connectivity index (χ2n) is 6.62. The van der Waals surface area contributed by atoms with Crippen LogP contribution < -0.4 is 0 Å². The Hall–Kier alpha value is -3.06. The highest BCUT2D eigenvalue weighted by molar-refractivity contribution is 7.98. The molecule has 0 unspecified atom stereocenters. The fraction of sp³-hybridized carbons (Fsp3) is 0.227. The van der Waals surface area contributed by atoms with Crippen LogP contribution in [0.2, 0.25) is 0 Å². The summed E-state index contributed by atoms with van der Waals surface area (Å²) in [5.74, 6) is 1.11. The van der Waals surface area contributed by atoms with E-state index in [0.29, 0.717) is 17.9 Å². The molecule has 0 atom stereocenters. The molecule has 4 aromatic rings. The number of benzene rings is 2. The largest absolute Gasteiger partial charge is 0.460 e. The van der Waals surface area contributed by atoms with E-state index in [4.69, 9.17) is 9.15 Å². The summed E-state index contributed by atoms with van der Waals surface area (Å²) < 4.78 is 13.0. The number of thioether (sulfide) groups is 1. The van der Waals surface area contributed by atoms with E-state index in [9.17, 15) is 4.79 Å². The van der Waals surface area contributed by atoms with Crippen molar-refractivity contribution in [2.75, 3.05) is 6.61 Å². The van der Waals surface area contributed by atoms with Crippen molar-refractivity contribution in [1.82, 2.24) is 14.8 Å². The lowest BCUT2D eigenvalue weighted by Gasteiger charge is -2.09. The van der Waals surface area contributed by atoms with Gasteiger partial charge in [0.2, 0.25) is 5.76 Å². The SMILES string of the molecule is CCOC(=O)c1oc2ccccc2c1CSc1nnc(C)n1-c1ccc(C)cc1. The standard InChI is InChI=1S/C22H21N3O3S/c1-4-27-21(26)20-18(17-7-5-6-8-19(17)28-20)13-29-22-24-23-15(3)25(22)16-11-9-14(2)10-12-16/h5-12H,4,13H2,1-3H3. The van der Waals surface area contributed by atoms with Gasteiger partial charge in [0.1, 0.15) is 11.4 Å². The molecule has 0 saturated heterocycles. The Kier molecular flexibility index (Phi) is 5.40. The lowest BCUT2D eigenvalue weighted by Crippen LogP contribution is -2.06. The molecule has 0 aliphatic rings. The highest BCUT2D eigenvalue weighted by Crippen LogP contribution is 2.33. The van der Waals surface area contributed by atoms with E-state index < -0.39 is 5.97 Å². The number of esters is 1. The maximum atomic E-state index is 12.4. The van der Waals surface area contributed by atoms with Gasteiger partial charge in [0, 0.05) is 22.4 Å². The van der Waals surface area contributed by atoms with Gasteiger partial charge in [0.05, 0.1) is 6.61 Å². The maximum absolute atomic E-state index is 12.4. The molecule has 29 heavy (non-hydrogen) atoms. The van der Waals surface area contributed by atoms with Gasteiger partial charge in [-0.2, -0.15) is 0 Å². The fourth-order valence-corrected chi connectivity index (χ4v) is 4.19. The van der Waals surface area contributed by atoms with Crippen LogP contribution in [0.25, 0.3) is 16.7 Å². The third-order valence-electron chi connectivity index (χ3n) is 4.59. The first-order chi connectivity index (χ1) is 14.1. The number of fused-ring (bicyclic) bond motifs is 1. The van der Waals surface area contributed by atoms with Gasteiger partial charge < -0.3 is 9.15 Å². The van der Waals surface area contributed by atoms with E-state index in [1.54, 1.807) is 6.92 Å². The monoisotopic (exact) mass is 407 g/mol. The summed E-state index contributed by atoms with van der Waals surface area (Å²) in [6, 6.07) is 15.8. The first kappa shape index (κ1) is 19.3. The summed E-state index contributed by atoms with van der Waals surface area (Å²) in [5.41, 5.74) is 3.67. The minimum Gasteiger partial charge on any atom is -0.460 e. The molecule has 0 N–H and O–H groups in total. The van der Waals surface area contributed by atoms with E-state index in [1.165, 1.54) is 17.3 Å². The molecule has 4 rings (SSSR count). The Morgan fingerprint density at radius 1 is 1.10 bits per heavy atom. The molecule has 0 saturated carbocycles. The molecule has 0 fully saturated rings. The predicted molar refractivity (Wildman–Crippen MR) is 113 cm³/mol. The third-order valence-corrected chi connectivity index (χ3v) is 5.55. The molecular weight excluding hydrogens is 386 g/mol. The smallest absolute Gasteiger partial charge is 0.374 e. The van der Waals surface area contributed by atoms with Gasteiger partial charge in [0.15, 0.2) is 5.16 Å². The van der Waals surface area contributed by atoms with Crippen molar-refractivity contribution in [3.8, 4) is 5.69 Å². The van der Waals surface area contributed by atoms with Crippen LogP contribution in [-0.2, 0) is 10.5 Å². The zero-order chi connectivity index (χ0) is 20.4. The summed E-state index contributed by atoms with van der Waals surface area (Å²) >= 11 is 1.51. The van der Waals surface area contributed by atoms with Crippen molar-refractivity contribution in [3.63, 3.8) is 0 Å². The van der Waals surface area contributed by atoms with E-state index in [1.807, 2.05) is 47.9 Å². The lowest BCUT2D eigenvalue weighted by atomic mass is 10.1. The van der Waals surface area contributed by atoms with Crippen molar-refractivity contribution >= 4 is 28.7 Å². The quantitative estimate of drug-likeness (QED) is 0.327. The number of para-hydroxylation sites is 1. The number of aromatic nitrogens is 3. The second-order valence-corrected chi connectivity index (χ2v) is 7.56. The Balaban J connectivity index is 1.68. The summed E-state index contributed by atoms with van der Waals surface area (Å²) in [5, 5.41) is 10.2. The normalized spacial score (nSPS) is 11.1. The number of carbonyl (C=O) groups is 1. The highest BCUT2D eigenvalue weighted by atomic mass is 32.2. The molecule has 0 aliphatic heterocycles. The van der Waals surface area contributed by atoms with Crippen LogP contribution in [0, 0.1) is 13.8 Å². The molecule has 0 aliphatic carbocycles. The van der Waals surface area contributed by atoms with Crippen LogP contribution in [-0.4, -0.2) is 27.3 Å². The predicted octanol–water partition coefficient (Wildman–Crippen LogP) is 5.10. The van der Waals surface area contributed by atoms with E-state index in [2.05, 4.69) is 29.3 Å². The first-order valence-electron chi connectivity index (χ1n) is 9.38. The zero-order valence-corrected chi connectivity index (χ0v) is 17.3. The summed E-state index contributed by atoms with van der Waals surface area (Å²) in [6.07, 6.45) is 0. The molecule has 2 aromatic heterocycles. The van der Waals surface area contributed by atoms with Crippen LogP contribution >= 0.6 is 11.8 Å². The number of hydrogen-bond donors (Lipinski definition) is 0. The average Bonchev–Trinajstić information content (AvgIpc) is 3.28. The molecule has 0 radical (unpaired) electrons. The number of carbonyl (C=O) groups excluding carboxylic acids is 1. The van der Waals surface area contributed by atoms with Crippen molar-refractivity contribution in [2.24, 2.45) is 0 Å². The molecule has 0 bridgehead atoms. The Labute approximate surface area is 172 Å².